The number of hydrogen-bond acceptors (Lipinski definition) is 3. The number of benzene rings is 1. The molecule has 3 aromatic rings. The van der Waals surface area contributed by atoms with Crippen LogP contribution >= 0.6 is 11.6 Å². The van der Waals surface area contributed by atoms with E-state index in [1.54, 1.807) is 18.3 Å². The third-order valence-corrected chi connectivity index (χ3v) is 5.48. The van der Waals surface area contributed by atoms with E-state index in [9.17, 15) is 9.59 Å². The number of carbonyl (C=O) groups is 1. The molecular weight excluding hydrogens is 374 g/mol. The standard InChI is InChI=1S/C22H22ClN3O2/c23-19-12-11-17-20(27)18(22(28)24-16-9-5-2-6-10-16)14-26(21(17)25-19)13-15-7-3-1-4-8-15/h1,3-4,7-8,11-12,14,16H,2,5-6,9-10,13H2,(H,24,28). The number of rotatable bonds is 4. The summed E-state index contributed by atoms with van der Waals surface area (Å²) in [6.07, 6.45) is 6.98. The molecule has 2 heterocycles. The molecule has 1 aliphatic carbocycles. The number of aromatic nitrogens is 2. The number of amides is 1. The zero-order valence-corrected chi connectivity index (χ0v) is 16.3. The Labute approximate surface area is 168 Å². The van der Waals surface area contributed by atoms with Crippen LogP contribution in [0.25, 0.3) is 11.0 Å². The molecule has 0 saturated heterocycles. The van der Waals surface area contributed by atoms with Gasteiger partial charge < -0.3 is 9.88 Å². The molecule has 28 heavy (non-hydrogen) atoms. The Bertz CT molecular complexity index is 1060. The van der Waals surface area contributed by atoms with Gasteiger partial charge in [0, 0.05) is 18.8 Å². The first kappa shape index (κ1) is 18.7. The summed E-state index contributed by atoms with van der Waals surface area (Å²) in [4.78, 5) is 30.2. The molecular formula is C22H22ClN3O2. The van der Waals surface area contributed by atoms with Crippen molar-refractivity contribution in [1.29, 1.82) is 0 Å². The average molecular weight is 396 g/mol. The fourth-order valence-corrected chi connectivity index (χ4v) is 3.96. The minimum Gasteiger partial charge on any atom is -0.349 e. The summed E-state index contributed by atoms with van der Waals surface area (Å²) in [5, 5.41) is 3.76. The molecule has 1 amide bonds. The first-order valence-corrected chi connectivity index (χ1v) is 10.0. The molecule has 144 valence electrons. The quantitative estimate of drug-likeness (QED) is 0.674. The van der Waals surface area contributed by atoms with Crippen LogP contribution in [-0.2, 0) is 6.54 Å². The van der Waals surface area contributed by atoms with Gasteiger partial charge in [-0.1, -0.05) is 61.2 Å². The van der Waals surface area contributed by atoms with Crippen LogP contribution < -0.4 is 10.7 Å². The van der Waals surface area contributed by atoms with E-state index in [1.807, 2.05) is 34.9 Å². The third kappa shape index (κ3) is 3.94. The molecule has 1 aromatic carbocycles. The number of fused-ring (bicyclic) bond motifs is 1. The summed E-state index contributed by atoms with van der Waals surface area (Å²) < 4.78 is 1.83. The van der Waals surface area contributed by atoms with Gasteiger partial charge in [0.2, 0.25) is 5.43 Å². The Morgan fingerprint density at radius 1 is 1.11 bits per heavy atom. The number of carbonyl (C=O) groups excluding carboxylic acids is 1. The van der Waals surface area contributed by atoms with E-state index in [0.29, 0.717) is 22.7 Å². The zero-order valence-electron chi connectivity index (χ0n) is 15.5. The molecule has 1 fully saturated rings. The molecule has 0 atom stereocenters. The first-order valence-electron chi connectivity index (χ1n) is 9.66. The summed E-state index contributed by atoms with van der Waals surface area (Å²) in [5.74, 6) is -0.310. The molecule has 1 saturated carbocycles. The Hall–Kier alpha value is -2.66. The van der Waals surface area contributed by atoms with E-state index in [4.69, 9.17) is 11.6 Å². The minimum absolute atomic E-state index is 0.141. The zero-order chi connectivity index (χ0) is 19.5. The van der Waals surface area contributed by atoms with Gasteiger partial charge in [0.25, 0.3) is 5.91 Å². The fraction of sp³-hybridized carbons (Fsp3) is 0.318. The van der Waals surface area contributed by atoms with Crippen LogP contribution in [-0.4, -0.2) is 21.5 Å². The number of hydrogen-bond donors (Lipinski definition) is 1. The van der Waals surface area contributed by atoms with Crippen LogP contribution in [0.2, 0.25) is 5.15 Å². The molecule has 2 aromatic heterocycles. The van der Waals surface area contributed by atoms with Crippen LogP contribution in [0.3, 0.4) is 0 Å². The van der Waals surface area contributed by atoms with E-state index in [2.05, 4.69) is 10.3 Å². The van der Waals surface area contributed by atoms with Crippen molar-refractivity contribution < 1.29 is 4.79 Å². The van der Waals surface area contributed by atoms with Crippen LogP contribution in [0.15, 0.2) is 53.5 Å². The highest BCUT2D eigenvalue weighted by atomic mass is 35.5. The molecule has 4 rings (SSSR count). The Morgan fingerprint density at radius 3 is 2.61 bits per heavy atom. The van der Waals surface area contributed by atoms with Crippen molar-refractivity contribution in [1.82, 2.24) is 14.9 Å². The predicted octanol–water partition coefficient (Wildman–Crippen LogP) is 4.16. The monoisotopic (exact) mass is 395 g/mol. The number of nitrogens with one attached hydrogen (secondary N) is 1. The highest BCUT2D eigenvalue weighted by molar-refractivity contribution is 6.29. The van der Waals surface area contributed by atoms with E-state index in [1.165, 1.54) is 6.42 Å². The fourth-order valence-electron chi connectivity index (χ4n) is 3.81. The number of pyridine rings is 2. The molecule has 0 bridgehead atoms. The maximum atomic E-state index is 13.0. The molecule has 6 heteroatoms. The topological polar surface area (TPSA) is 64.0 Å². The minimum atomic E-state index is -0.310. The van der Waals surface area contributed by atoms with Crippen LogP contribution in [0.5, 0.6) is 0 Å². The van der Waals surface area contributed by atoms with Crippen molar-refractivity contribution >= 4 is 28.5 Å². The normalized spacial score (nSPS) is 14.9. The SMILES string of the molecule is O=C(NC1CCCCC1)c1cn(Cc2ccccc2)c2nc(Cl)ccc2c1=O. The van der Waals surface area contributed by atoms with Gasteiger partial charge in [0.1, 0.15) is 16.4 Å². The van der Waals surface area contributed by atoms with E-state index in [0.717, 1.165) is 31.2 Å². The van der Waals surface area contributed by atoms with Crippen molar-refractivity contribution in [2.75, 3.05) is 0 Å². The average Bonchev–Trinajstić information content (AvgIpc) is 2.71. The Morgan fingerprint density at radius 2 is 1.86 bits per heavy atom. The molecule has 0 spiro atoms. The van der Waals surface area contributed by atoms with Gasteiger partial charge >= 0.3 is 0 Å². The van der Waals surface area contributed by atoms with Gasteiger partial charge in [-0.3, -0.25) is 9.59 Å². The molecule has 0 aliphatic heterocycles. The van der Waals surface area contributed by atoms with E-state index < -0.39 is 0 Å². The Kier molecular flexibility index (Phi) is 5.44. The smallest absolute Gasteiger partial charge is 0.256 e. The van der Waals surface area contributed by atoms with Crippen molar-refractivity contribution in [2.45, 2.75) is 44.7 Å². The lowest BCUT2D eigenvalue weighted by molar-refractivity contribution is 0.0926. The van der Waals surface area contributed by atoms with Gasteiger partial charge in [-0.15, -0.1) is 0 Å². The van der Waals surface area contributed by atoms with Crippen LogP contribution in [0.1, 0.15) is 48.0 Å². The van der Waals surface area contributed by atoms with Crippen molar-refractivity contribution in [3.63, 3.8) is 0 Å². The van der Waals surface area contributed by atoms with Crippen molar-refractivity contribution in [3.05, 3.63) is 75.2 Å². The summed E-state index contributed by atoms with van der Waals surface area (Å²) in [5.41, 5.74) is 1.37. The van der Waals surface area contributed by atoms with Crippen LogP contribution in [0.4, 0.5) is 0 Å². The van der Waals surface area contributed by atoms with Gasteiger partial charge in [-0.2, -0.15) is 0 Å². The van der Waals surface area contributed by atoms with E-state index in [-0.39, 0.29) is 22.9 Å². The van der Waals surface area contributed by atoms with Gasteiger partial charge in [0.05, 0.1) is 5.39 Å². The second-order valence-corrected chi connectivity index (χ2v) is 7.69. The molecule has 0 unspecified atom stereocenters. The maximum Gasteiger partial charge on any atom is 0.256 e. The highest BCUT2D eigenvalue weighted by Gasteiger charge is 2.21. The summed E-state index contributed by atoms with van der Waals surface area (Å²) in [7, 11) is 0. The predicted molar refractivity (Wildman–Crippen MR) is 111 cm³/mol. The van der Waals surface area contributed by atoms with Gasteiger partial charge in [-0.05, 0) is 30.5 Å². The molecule has 0 radical (unpaired) electrons. The van der Waals surface area contributed by atoms with Gasteiger partial charge in [0.15, 0.2) is 0 Å². The lowest BCUT2D eigenvalue weighted by Gasteiger charge is -2.23. The van der Waals surface area contributed by atoms with Gasteiger partial charge in [-0.25, -0.2) is 4.98 Å². The summed E-state index contributed by atoms with van der Waals surface area (Å²) in [6, 6.07) is 13.2. The summed E-state index contributed by atoms with van der Waals surface area (Å²) >= 11 is 6.07. The van der Waals surface area contributed by atoms with Crippen molar-refractivity contribution in [2.24, 2.45) is 0 Å². The number of nitrogens with zero attached hydrogens (tertiary/aromatic N) is 2. The molecule has 5 nitrogen and oxygen atoms in total. The lowest BCUT2D eigenvalue weighted by atomic mass is 9.95. The molecule has 1 N–H and O–H groups in total. The highest BCUT2D eigenvalue weighted by Crippen LogP contribution is 2.19. The maximum absolute atomic E-state index is 13.0. The lowest BCUT2D eigenvalue weighted by Crippen LogP contribution is -2.38. The second kappa shape index (κ2) is 8.15. The second-order valence-electron chi connectivity index (χ2n) is 7.30. The first-order chi connectivity index (χ1) is 13.6. The van der Waals surface area contributed by atoms with E-state index >= 15 is 0 Å². The third-order valence-electron chi connectivity index (χ3n) is 5.27. The largest absolute Gasteiger partial charge is 0.349 e. The van der Waals surface area contributed by atoms with Crippen molar-refractivity contribution in [3.8, 4) is 0 Å². The number of halogens is 1. The summed E-state index contributed by atoms with van der Waals surface area (Å²) in [6.45, 7) is 0.495. The Balaban J connectivity index is 1.76. The molecule has 1 aliphatic rings. The van der Waals surface area contributed by atoms with Crippen LogP contribution in [0, 0.1) is 0 Å².